The number of carbonyl (C=O) groups excluding carboxylic acids is 3. The molecule has 0 spiro atoms. The van der Waals surface area contributed by atoms with E-state index in [1.165, 1.54) is 13.2 Å². The molecular weight excluding hydrogens is 631 g/mol. The Labute approximate surface area is 246 Å². The van der Waals surface area contributed by atoms with Gasteiger partial charge in [-0.3, -0.25) is 14.4 Å². The van der Waals surface area contributed by atoms with Crippen LogP contribution in [0.1, 0.15) is 28.8 Å². The Hall–Kier alpha value is -3.00. The molecule has 0 aromatic heterocycles. The first kappa shape index (κ1) is 30.0. The Kier molecular flexibility index (Phi) is 10.5. The summed E-state index contributed by atoms with van der Waals surface area (Å²) in [7, 11) is 1.44. The smallest absolute Gasteiger partial charge is 0.247 e. The Morgan fingerprint density at radius 1 is 1.25 bits per heavy atom. The van der Waals surface area contributed by atoms with Crippen LogP contribution in [0.15, 0.2) is 54.1 Å². The van der Waals surface area contributed by atoms with Gasteiger partial charge in [-0.15, -0.1) is 0 Å². The molecule has 3 N–H and O–H groups in total. The molecule has 0 bridgehead atoms. The predicted octanol–water partition coefficient (Wildman–Crippen LogP) is 2.09. The summed E-state index contributed by atoms with van der Waals surface area (Å²) in [6, 6.07) is 11.8. The SMILES string of the molecule is COc1cc(C=O)cc(I)c1O[C@H]1C=C(C(=O)NCCO)C[C@@H](N(Cc2ccccc2)C(=O)C2CCOC2)[C@@H]1O. The lowest BCUT2D eigenvalue weighted by molar-refractivity contribution is -0.143. The zero-order chi connectivity index (χ0) is 28.6. The Balaban J connectivity index is 1.72. The Morgan fingerprint density at radius 2 is 2.02 bits per heavy atom. The Bertz CT molecular complexity index is 1230. The molecule has 1 saturated heterocycles. The standard InChI is InChI=1S/C29H33IN2O8/c1-38-25-12-19(16-34)11-22(30)27(25)40-24-14-21(28(36)31-8-9-33)13-23(26(24)35)32(15-18-5-3-2-4-6-18)29(37)20-7-10-39-17-20/h2-6,11-12,14,16,20,23-24,26,33,35H,7-10,13,15,17H2,1H3,(H,31,36)/t20?,23-,24+,26+/m1/s1. The summed E-state index contributed by atoms with van der Waals surface area (Å²) in [5.41, 5.74) is 1.59. The predicted molar refractivity (Wildman–Crippen MR) is 154 cm³/mol. The second-order valence-electron chi connectivity index (χ2n) is 9.68. The van der Waals surface area contributed by atoms with Gasteiger partial charge in [-0.05, 0) is 52.8 Å². The number of aliphatic hydroxyl groups is 2. The molecule has 4 rings (SSSR count). The second kappa shape index (κ2) is 14.1. The van der Waals surface area contributed by atoms with Crippen LogP contribution in [-0.2, 0) is 20.9 Å². The van der Waals surface area contributed by atoms with E-state index in [0.29, 0.717) is 52.1 Å². The number of hydrogen-bond donors (Lipinski definition) is 3. The molecule has 0 saturated carbocycles. The third kappa shape index (κ3) is 7.00. The molecule has 2 amide bonds. The van der Waals surface area contributed by atoms with Gasteiger partial charge in [-0.25, -0.2) is 0 Å². The molecule has 2 aliphatic rings. The highest BCUT2D eigenvalue weighted by Gasteiger charge is 2.42. The molecule has 2 aromatic rings. The van der Waals surface area contributed by atoms with Crippen molar-refractivity contribution in [1.29, 1.82) is 0 Å². The van der Waals surface area contributed by atoms with Gasteiger partial charge in [0, 0.05) is 37.3 Å². The van der Waals surface area contributed by atoms with Crippen LogP contribution in [0.5, 0.6) is 11.5 Å². The number of aliphatic hydroxyl groups excluding tert-OH is 2. The van der Waals surface area contributed by atoms with E-state index in [-0.39, 0.29) is 37.9 Å². The van der Waals surface area contributed by atoms with Crippen LogP contribution in [0.4, 0.5) is 0 Å². The fraction of sp³-hybridized carbons (Fsp3) is 0.414. The summed E-state index contributed by atoms with van der Waals surface area (Å²) in [6.07, 6.45) is 0.678. The Morgan fingerprint density at radius 3 is 2.67 bits per heavy atom. The number of halogens is 1. The lowest BCUT2D eigenvalue weighted by atomic mass is 9.87. The maximum atomic E-state index is 13.8. The highest BCUT2D eigenvalue weighted by atomic mass is 127. The fourth-order valence-corrected chi connectivity index (χ4v) is 5.69. The lowest BCUT2D eigenvalue weighted by Gasteiger charge is -2.41. The van der Waals surface area contributed by atoms with E-state index >= 15 is 0 Å². The molecular formula is C29H33IN2O8. The van der Waals surface area contributed by atoms with Crippen LogP contribution in [0.25, 0.3) is 0 Å². The normalized spacial score (nSPS) is 22.2. The van der Waals surface area contributed by atoms with Crippen molar-refractivity contribution in [2.75, 3.05) is 33.5 Å². The number of aldehydes is 1. The van der Waals surface area contributed by atoms with Crippen LogP contribution >= 0.6 is 22.6 Å². The van der Waals surface area contributed by atoms with Gasteiger partial charge >= 0.3 is 0 Å². The van der Waals surface area contributed by atoms with Crippen molar-refractivity contribution in [2.45, 2.75) is 37.6 Å². The van der Waals surface area contributed by atoms with Crippen molar-refractivity contribution < 1.29 is 38.8 Å². The molecule has 2 aromatic carbocycles. The zero-order valence-corrected chi connectivity index (χ0v) is 24.3. The van der Waals surface area contributed by atoms with Crippen molar-refractivity contribution in [3.05, 3.63) is 68.8 Å². The molecule has 10 nitrogen and oxygen atoms in total. The molecule has 1 aliphatic carbocycles. The quantitative estimate of drug-likeness (QED) is 0.246. The first-order valence-electron chi connectivity index (χ1n) is 13.1. The van der Waals surface area contributed by atoms with Gasteiger partial charge in [-0.1, -0.05) is 30.3 Å². The molecule has 40 heavy (non-hydrogen) atoms. The van der Waals surface area contributed by atoms with E-state index in [2.05, 4.69) is 5.32 Å². The van der Waals surface area contributed by atoms with Crippen LogP contribution in [0.3, 0.4) is 0 Å². The summed E-state index contributed by atoms with van der Waals surface area (Å²) >= 11 is 2.02. The lowest BCUT2D eigenvalue weighted by Crippen LogP contribution is -2.56. The van der Waals surface area contributed by atoms with Crippen LogP contribution < -0.4 is 14.8 Å². The molecule has 0 radical (unpaired) electrons. The molecule has 1 aliphatic heterocycles. The first-order chi connectivity index (χ1) is 19.4. The van der Waals surface area contributed by atoms with Gasteiger partial charge in [-0.2, -0.15) is 0 Å². The maximum Gasteiger partial charge on any atom is 0.247 e. The monoisotopic (exact) mass is 664 g/mol. The van der Waals surface area contributed by atoms with Gasteiger partial charge in [0.05, 0.1) is 35.9 Å². The number of carbonyl (C=O) groups is 3. The minimum Gasteiger partial charge on any atom is -0.493 e. The minimum absolute atomic E-state index is 0.0554. The van der Waals surface area contributed by atoms with Crippen LogP contribution in [0, 0.1) is 9.49 Å². The molecule has 214 valence electrons. The molecule has 11 heteroatoms. The van der Waals surface area contributed by atoms with Crippen molar-refractivity contribution in [1.82, 2.24) is 10.2 Å². The molecule has 4 atom stereocenters. The van der Waals surface area contributed by atoms with Crippen LogP contribution in [0.2, 0.25) is 0 Å². The summed E-state index contributed by atoms with van der Waals surface area (Å²) < 4.78 is 17.8. The number of hydrogen-bond acceptors (Lipinski definition) is 8. The summed E-state index contributed by atoms with van der Waals surface area (Å²) in [5.74, 6) is -0.347. The van der Waals surface area contributed by atoms with E-state index in [1.807, 2.05) is 52.9 Å². The number of ether oxygens (including phenoxy) is 3. The highest BCUT2D eigenvalue weighted by molar-refractivity contribution is 14.1. The number of nitrogens with zero attached hydrogens (tertiary/aromatic N) is 1. The van der Waals surface area contributed by atoms with Gasteiger partial charge in [0.15, 0.2) is 11.5 Å². The van der Waals surface area contributed by atoms with Crippen LogP contribution in [-0.4, -0.2) is 84.9 Å². The molecule has 1 unspecified atom stereocenters. The van der Waals surface area contributed by atoms with Gasteiger partial charge in [0.25, 0.3) is 0 Å². The number of benzene rings is 2. The van der Waals surface area contributed by atoms with Gasteiger partial charge in [0.1, 0.15) is 18.5 Å². The average molecular weight is 664 g/mol. The third-order valence-corrected chi connectivity index (χ3v) is 7.82. The maximum absolute atomic E-state index is 13.8. The van der Waals surface area contributed by atoms with Crippen molar-refractivity contribution in [3.63, 3.8) is 0 Å². The second-order valence-corrected chi connectivity index (χ2v) is 10.8. The summed E-state index contributed by atoms with van der Waals surface area (Å²) in [4.78, 5) is 39.9. The van der Waals surface area contributed by atoms with Crippen molar-refractivity contribution in [2.24, 2.45) is 5.92 Å². The number of amides is 2. The summed E-state index contributed by atoms with van der Waals surface area (Å²) in [6.45, 7) is 0.831. The van der Waals surface area contributed by atoms with Gasteiger partial charge < -0.3 is 34.6 Å². The average Bonchev–Trinajstić information content (AvgIpc) is 3.52. The van der Waals surface area contributed by atoms with Crippen molar-refractivity contribution in [3.8, 4) is 11.5 Å². The highest BCUT2D eigenvalue weighted by Crippen LogP contribution is 2.37. The number of nitrogens with one attached hydrogen (secondary N) is 1. The number of rotatable bonds is 11. The largest absolute Gasteiger partial charge is 0.493 e. The van der Waals surface area contributed by atoms with E-state index in [0.717, 1.165) is 5.56 Å². The third-order valence-electron chi connectivity index (χ3n) is 7.01. The molecule has 1 fully saturated rings. The summed E-state index contributed by atoms with van der Waals surface area (Å²) in [5, 5.41) is 23.6. The molecule has 1 heterocycles. The van der Waals surface area contributed by atoms with E-state index in [1.54, 1.807) is 17.0 Å². The van der Waals surface area contributed by atoms with Gasteiger partial charge in [0.2, 0.25) is 11.8 Å². The van der Waals surface area contributed by atoms with Crippen molar-refractivity contribution >= 4 is 40.7 Å². The van der Waals surface area contributed by atoms with E-state index in [9.17, 15) is 24.6 Å². The zero-order valence-electron chi connectivity index (χ0n) is 22.1. The van der Waals surface area contributed by atoms with E-state index in [4.69, 9.17) is 14.2 Å². The minimum atomic E-state index is -1.20. The topological polar surface area (TPSA) is 135 Å². The number of methoxy groups -OCH3 is 1. The fourth-order valence-electron chi connectivity index (χ4n) is 4.94. The first-order valence-corrected chi connectivity index (χ1v) is 14.1. The van der Waals surface area contributed by atoms with E-state index < -0.39 is 24.2 Å².